The number of carbonyl (C=O) groups excluding carboxylic acids is 1. The van der Waals surface area contributed by atoms with E-state index in [0.29, 0.717) is 5.69 Å². The molecule has 0 fully saturated rings. The number of anilines is 1. The number of hydrogen-bond donors (Lipinski definition) is 1. The summed E-state index contributed by atoms with van der Waals surface area (Å²) in [6, 6.07) is 7.26. The van der Waals surface area contributed by atoms with Crippen molar-refractivity contribution in [2.45, 2.75) is 11.8 Å². The minimum absolute atomic E-state index is 0.123. The first-order valence-corrected chi connectivity index (χ1v) is 8.36. The average Bonchev–Trinajstić information content (AvgIpc) is 2.43. The number of nitrogens with one attached hydrogen (secondary N) is 1. The van der Waals surface area contributed by atoms with Crippen molar-refractivity contribution in [1.82, 2.24) is 4.57 Å². The van der Waals surface area contributed by atoms with Gasteiger partial charge in [-0.3, -0.25) is 9.59 Å². The third-order valence-electron chi connectivity index (χ3n) is 3.25. The van der Waals surface area contributed by atoms with Gasteiger partial charge in [-0.15, -0.1) is 0 Å². The second kappa shape index (κ2) is 5.76. The van der Waals surface area contributed by atoms with Crippen LogP contribution in [0.3, 0.4) is 0 Å². The Morgan fingerprint density at radius 1 is 1.18 bits per heavy atom. The van der Waals surface area contributed by atoms with Crippen molar-refractivity contribution in [3.63, 3.8) is 0 Å². The van der Waals surface area contributed by atoms with Gasteiger partial charge >= 0.3 is 0 Å². The number of nitrogens with zero attached hydrogens (tertiary/aromatic N) is 1. The molecule has 0 saturated heterocycles. The summed E-state index contributed by atoms with van der Waals surface area (Å²) in [6.45, 7) is 1.76. The molecule has 0 aliphatic heterocycles. The molecule has 0 bridgehead atoms. The third-order valence-corrected chi connectivity index (χ3v) is 4.36. The van der Waals surface area contributed by atoms with Crippen LogP contribution in [0.15, 0.2) is 46.2 Å². The summed E-state index contributed by atoms with van der Waals surface area (Å²) in [5, 5.41) is 2.63. The highest BCUT2D eigenvalue weighted by Gasteiger charge is 2.13. The van der Waals surface area contributed by atoms with Gasteiger partial charge in [-0.05, 0) is 30.7 Å². The van der Waals surface area contributed by atoms with E-state index in [1.165, 1.54) is 35.0 Å². The van der Waals surface area contributed by atoms with Crippen LogP contribution in [-0.4, -0.2) is 25.1 Å². The highest BCUT2D eigenvalue weighted by molar-refractivity contribution is 7.90. The van der Waals surface area contributed by atoms with Crippen LogP contribution in [0.25, 0.3) is 0 Å². The molecule has 2 rings (SSSR count). The molecule has 0 saturated carbocycles. The number of rotatable bonds is 3. The van der Waals surface area contributed by atoms with Crippen molar-refractivity contribution in [3.8, 4) is 0 Å². The van der Waals surface area contributed by atoms with Gasteiger partial charge in [0.2, 0.25) is 0 Å². The van der Waals surface area contributed by atoms with Crippen LogP contribution in [0.4, 0.5) is 5.69 Å². The molecule has 22 heavy (non-hydrogen) atoms. The first-order valence-electron chi connectivity index (χ1n) is 6.47. The minimum atomic E-state index is -3.36. The number of pyridine rings is 1. The standard InChI is InChI=1S/C15H16N2O4S/c1-10-4-5-12(22(3,20)21)9-13(10)16-15(19)11-6-7-17(2)14(18)8-11/h4-9H,1-3H3,(H,16,19). The Hall–Kier alpha value is -2.41. The van der Waals surface area contributed by atoms with Crippen molar-refractivity contribution < 1.29 is 13.2 Å². The Kier molecular flexibility index (Phi) is 4.18. The normalized spacial score (nSPS) is 11.2. The number of aryl methyl sites for hydroxylation is 2. The fraction of sp³-hybridized carbons (Fsp3) is 0.200. The Labute approximate surface area is 128 Å². The molecule has 2 aromatic rings. The van der Waals surface area contributed by atoms with Crippen molar-refractivity contribution in [2.75, 3.05) is 11.6 Å². The third kappa shape index (κ3) is 3.43. The van der Waals surface area contributed by atoms with Gasteiger partial charge in [0.1, 0.15) is 0 Å². The topological polar surface area (TPSA) is 85.2 Å². The van der Waals surface area contributed by atoms with Gasteiger partial charge in [0, 0.05) is 36.8 Å². The van der Waals surface area contributed by atoms with Crippen molar-refractivity contribution in [2.24, 2.45) is 7.05 Å². The van der Waals surface area contributed by atoms with Crippen LogP contribution in [0.2, 0.25) is 0 Å². The molecule has 6 nitrogen and oxygen atoms in total. The van der Waals surface area contributed by atoms with Crippen LogP contribution in [0.5, 0.6) is 0 Å². The molecule has 1 amide bonds. The zero-order valence-electron chi connectivity index (χ0n) is 12.5. The summed E-state index contributed by atoms with van der Waals surface area (Å²) in [5.74, 6) is -0.466. The Morgan fingerprint density at radius 2 is 1.86 bits per heavy atom. The number of carbonyl (C=O) groups is 1. The maximum atomic E-state index is 12.2. The highest BCUT2D eigenvalue weighted by atomic mass is 32.2. The number of amides is 1. The summed E-state index contributed by atoms with van der Waals surface area (Å²) in [4.78, 5) is 23.9. The van der Waals surface area contributed by atoms with E-state index in [4.69, 9.17) is 0 Å². The van der Waals surface area contributed by atoms with Crippen LogP contribution < -0.4 is 10.9 Å². The summed E-state index contributed by atoms with van der Waals surface area (Å²) in [7, 11) is -1.77. The molecule has 0 unspecified atom stereocenters. The summed E-state index contributed by atoms with van der Waals surface area (Å²) in [5.41, 5.74) is 1.04. The van der Waals surface area contributed by atoms with Crippen molar-refractivity contribution in [1.29, 1.82) is 0 Å². The predicted octanol–water partition coefficient (Wildman–Crippen LogP) is 1.35. The number of benzene rings is 1. The van der Waals surface area contributed by atoms with Crippen LogP contribution >= 0.6 is 0 Å². The molecule has 1 aromatic heterocycles. The minimum Gasteiger partial charge on any atom is -0.322 e. The molecule has 1 N–H and O–H groups in total. The molecular weight excluding hydrogens is 304 g/mol. The lowest BCUT2D eigenvalue weighted by molar-refractivity contribution is 0.102. The highest BCUT2D eigenvalue weighted by Crippen LogP contribution is 2.20. The van der Waals surface area contributed by atoms with Crippen LogP contribution in [-0.2, 0) is 16.9 Å². The monoisotopic (exact) mass is 320 g/mol. The summed E-state index contributed by atoms with van der Waals surface area (Å²) in [6.07, 6.45) is 2.60. The van der Waals surface area contributed by atoms with E-state index in [2.05, 4.69) is 5.32 Å². The smallest absolute Gasteiger partial charge is 0.255 e. The maximum Gasteiger partial charge on any atom is 0.255 e. The Balaban J connectivity index is 2.35. The van der Waals surface area contributed by atoms with Gasteiger partial charge in [0.25, 0.3) is 11.5 Å². The lowest BCUT2D eigenvalue weighted by Crippen LogP contribution is -2.20. The van der Waals surface area contributed by atoms with E-state index in [1.54, 1.807) is 20.0 Å². The molecule has 116 valence electrons. The summed E-state index contributed by atoms with van der Waals surface area (Å²) < 4.78 is 24.5. The molecule has 7 heteroatoms. The second-order valence-electron chi connectivity index (χ2n) is 5.07. The van der Waals surface area contributed by atoms with Crippen molar-refractivity contribution >= 4 is 21.4 Å². The van der Waals surface area contributed by atoms with Gasteiger partial charge in [-0.1, -0.05) is 6.07 Å². The van der Waals surface area contributed by atoms with E-state index in [1.807, 2.05) is 0 Å². The molecule has 0 aliphatic rings. The first-order chi connectivity index (χ1) is 10.2. The fourth-order valence-corrected chi connectivity index (χ4v) is 2.50. The van der Waals surface area contributed by atoms with Gasteiger partial charge in [0.15, 0.2) is 9.84 Å². The van der Waals surface area contributed by atoms with Gasteiger partial charge < -0.3 is 9.88 Å². The predicted molar refractivity (Wildman–Crippen MR) is 83.9 cm³/mol. The number of hydrogen-bond acceptors (Lipinski definition) is 4. The van der Waals surface area contributed by atoms with Gasteiger partial charge in [-0.2, -0.15) is 0 Å². The van der Waals surface area contributed by atoms with E-state index in [9.17, 15) is 18.0 Å². The maximum absolute atomic E-state index is 12.2. The average molecular weight is 320 g/mol. The molecule has 0 radical (unpaired) electrons. The van der Waals surface area contributed by atoms with E-state index in [0.717, 1.165) is 11.8 Å². The molecule has 0 aliphatic carbocycles. The Morgan fingerprint density at radius 3 is 2.45 bits per heavy atom. The first kappa shape index (κ1) is 16.0. The van der Waals surface area contributed by atoms with Gasteiger partial charge in [-0.25, -0.2) is 8.42 Å². The van der Waals surface area contributed by atoms with E-state index >= 15 is 0 Å². The number of sulfone groups is 1. The quantitative estimate of drug-likeness (QED) is 0.925. The molecule has 0 atom stereocenters. The summed E-state index contributed by atoms with van der Waals surface area (Å²) >= 11 is 0. The molecule has 1 heterocycles. The Bertz CT molecular complexity index is 898. The lowest BCUT2D eigenvalue weighted by atomic mass is 10.2. The fourth-order valence-electron chi connectivity index (χ4n) is 1.85. The van der Waals surface area contributed by atoms with Crippen molar-refractivity contribution in [3.05, 3.63) is 58.0 Å². The largest absolute Gasteiger partial charge is 0.322 e. The second-order valence-corrected chi connectivity index (χ2v) is 7.08. The number of aromatic nitrogens is 1. The van der Waals surface area contributed by atoms with Crippen LogP contribution in [0.1, 0.15) is 15.9 Å². The van der Waals surface area contributed by atoms with Crippen LogP contribution in [0, 0.1) is 6.92 Å². The zero-order valence-corrected chi connectivity index (χ0v) is 13.3. The zero-order chi connectivity index (χ0) is 16.5. The SMILES string of the molecule is Cc1ccc(S(C)(=O)=O)cc1NC(=O)c1ccn(C)c(=O)c1. The molecule has 0 spiro atoms. The molecular formula is C15H16N2O4S. The lowest BCUT2D eigenvalue weighted by Gasteiger charge is -2.10. The van der Waals surface area contributed by atoms with E-state index in [-0.39, 0.29) is 16.0 Å². The van der Waals surface area contributed by atoms with Gasteiger partial charge in [0.05, 0.1) is 4.90 Å². The van der Waals surface area contributed by atoms with E-state index < -0.39 is 15.7 Å². The molecule has 1 aromatic carbocycles.